The van der Waals surface area contributed by atoms with Crippen LogP contribution in [-0.4, -0.2) is 26.3 Å². The molecule has 0 radical (unpaired) electrons. The van der Waals surface area contributed by atoms with Crippen LogP contribution in [0.15, 0.2) is 32.6 Å². The number of ether oxygens (including phenoxy) is 1. The van der Waals surface area contributed by atoms with Gasteiger partial charge < -0.3 is 13.8 Å². The zero-order valence-corrected chi connectivity index (χ0v) is 14.2. The van der Waals surface area contributed by atoms with E-state index in [1.165, 1.54) is 11.3 Å². The van der Waals surface area contributed by atoms with Crippen LogP contribution in [0.25, 0.3) is 21.7 Å². The number of hydrogen-bond donors (Lipinski definition) is 0. The van der Waals surface area contributed by atoms with E-state index in [1.54, 1.807) is 19.9 Å². The highest BCUT2D eigenvalue weighted by atomic mass is 32.1. The van der Waals surface area contributed by atoms with E-state index >= 15 is 0 Å². The van der Waals surface area contributed by atoms with E-state index in [9.17, 15) is 4.79 Å². The van der Waals surface area contributed by atoms with Crippen molar-refractivity contribution >= 4 is 28.4 Å². The SMILES string of the molecule is Cc1noc(COC(=O)c2cc(-c3cccs3)nc3onc(C)c23)n1. The summed E-state index contributed by atoms with van der Waals surface area (Å²) in [5.74, 6) is 0.177. The van der Waals surface area contributed by atoms with Crippen molar-refractivity contribution in [3.8, 4) is 10.6 Å². The molecular weight excluding hydrogens is 344 g/mol. The number of aryl methyl sites for hydroxylation is 2. The Morgan fingerprint density at radius 3 is 2.84 bits per heavy atom. The molecule has 0 aliphatic heterocycles. The minimum atomic E-state index is -0.535. The monoisotopic (exact) mass is 356 g/mol. The number of nitrogens with zero attached hydrogens (tertiary/aromatic N) is 4. The fourth-order valence-electron chi connectivity index (χ4n) is 2.41. The number of pyridine rings is 1. The maximum atomic E-state index is 12.6. The Hall–Kier alpha value is -3.07. The van der Waals surface area contributed by atoms with Crippen LogP contribution >= 0.6 is 11.3 Å². The lowest BCUT2D eigenvalue weighted by atomic mass is 10.1. The number of carbonyl (C=O) groups excluding carboxylic acids is 1. The van der Waals surface area contributed by atoms with Gasteiger partial charge in [-0.05, 0) is 31.4 Å². The molecule has 4 heterocycles. The van der Waals surface area contributed by atoms with Crippen molar-refractivity contribution < 1.29 is 18.6 Å². The highest BCUT2D eigenvalue weighted by molar-refractivity contribution is 7.13. The third kappa shape index (κ3) is 2.89. The fourth-order valence-corrected chi connectivity index (χ4v) is 3.10. The van der Waals surface area contributed by atoms with Crippen LogP contribution < -0.4 is 0 Å². The second kappa shape index (κ2) is 6.10. The quantitative estimate of drug-likeness (QED) is 0.513. The van der Waals surface area contributed by atoms with Gasteiger partial charge in [0.05, 0.1) is 27.2 Å². The van der Waals surface area contributed by atoms with Gasteiger partial charge in [-0.1, -0.05) is 16.4 Å². The summed E-state index contributed by atoms with van der Waals surface area (Å²) in [6.45, 7) is 3.33. The summed E-state index contributed by atoms with van der Waals surface area (Å²) in [6, 6.07) is 5.51. The number of thiophene rings is 1. The van der Waals surface area contributed by atoms with Gasteiger partial charge in [0, 0.05) is 0 Å². The summed E-state index contributed by atoms with van der Waals surface area (Å²) >= 11 is 1.51. The number of hydrogen-bond acceptors (Lipinski definition) is 9. The van der Waals surface area contributed by atoms with Crippen molar-refractivity contribution in [1.82, 2.24) is 20.3 Å². The van der Waals surface area contributed by atoms with Crippen LogP contribution in [0.4, 0.5) is 0 Å². The summed E-state index contributed by atoms with van der Waals surface area (Å²) < 4.78 is 15.5. The molecular formula is C16H12N4O4S. The largest absolute Gasteiger partial charge is 0.452 e. The van der Waals surface area contributed by atoms with Crippen LogP contribution in [0.3, 0.4) is 0 Å². The van der Waals surface area contributed by atoms with E-state index in [4.69, 9.17) is 13.8 Å². The first-order valence-corrected chi connectivity index (χ1v) is 8.27. The average molecular weight is 356 g/mol. The lowest BCUT2D eigenvalue weighted by Gasteiger charge is -2.05. The topological polar surface area (TPSA) is 104 Å². The third-order valence-electron chi connectivity index (χ3n) is 3.51. The second-order valence-electron chi connectivity index (χ2n) is 5.29. The Balaban J connectivity index is 1.71. The molecule has 4 rings (SSSR count). The van der Waals surface area contributed by atoms with Crippen molar-refractivity contribution in [1.29, 1.82) is 0 Å². The summed E-state index contributed by atoms with van der Waals surface area (Å²) in [7, 11) is 0. The van der Waals surface area contributed by atoms with Gasteiger partial charge >= 0.3 is 5.97 Å². The number of fused-ring (bicyclic) bond motifs is 1. The highest BCUT2D eigenvalue weighted by Crippen LogP contribution is 2.29. The maximum Gasteiger partial charge on any atom is 0.339 e. The first-order chi connectivity index (χ1) is 12.1. The fraction of sp³-hybridized carbons (Fsp3) is 0.188. The van der Waals surface area contributed by atoms with Crippen LogP contribution in [0, 0.1) is 13.8 Å². The zero-order valence-electron chi connectivity index (χ0n) is 13.3. The molecule has 0 unspecified atom stereocenters. The number of rotatable bonds is 4. The molecule has 126 valence electrons. The molecule has 0 amide bonds. The molecule has 0 aromatic carbocycles. The molecule has 0 aliphatic rings. The molecule has 0 bridgehead atoms. The van der Waals surface area contributed by atoms with E-state index in [2.05, 4.69) is 20.3 Å². The maximum absolute atomic E-state index is 12.6. The molecule has 0 spiro atoms. The van der Waals surface area contributed by atoms with Crippen LogP contribution in [0.2, 0.25) is 0 Å². The first-order valence-electron chi connectivity index (χ1n) is 7.39. The van der Waals surface area contributed by atoms with E-state index in [0.717, 1.165) is 4.88 Å². The molecule has 4 aromatic heterocycles. The lowest BCUT2D eigenvalue weighted by molar-refractivity contribution is 0.0432. The van der Waals surface area contributed by atoms with Crippen LogP contribution in [0.5, 0.6) is 0 Å². The molecule has 0 atom stereocenters. The Morgan fingerprint density at radius 2 is 2.12 bits per heavy atom. The molecule has 9 heteroatoms. The second-order valence-corrected chi connectivity index (χ2v) is 6.24. The molecule has 0 fully saturated rings. The van der Waals surface area contributed by atoms with Gasteiger partial charge in [0.25, 0.3) is 11.6 Å². The summed E-state index contributed by atoms with van der Waals surface area (Å²) in [5.41, 5.74) is 1.83. The van der Waals surface area contributed by atoms with E-state index in [0.29, 0.717) is 33.9 Å². The van der Waals surface area contributed by atoms with Crippen molar-refractivity contribution in [2.75, 3.05) is 0 Å². The Morgan fingerprint density at radius 1 is 1.24 bits per heavy atom. The van der Waals surface area contributed by atoms with Crippen molar-refractivity contribution in [2.24, 2.45) is 0 Å². The molecule has 8 nitrogen and oxygen atoms in total. The minimum Gasteiger partial charge on any atom is -0.452 e. The van der Waals surface area contributed by atoms with Gasteiger partial charge in [0.1, 0.15) is 0 Å². The van der Waals surface area contributed by atoms with Gasteiger partial charge in [0.15, 0.2) is 12.4 Å². The summed E-state index contributed by atoms with van der Waals surface area (Å²) in [5, 5.41) is 10.0. The Bertz CT molecular complexity index is 1050. The van der Waals surface area contributed by atoms with Crippen molar-refractivity contribution in [2.45, 2.75) is 20.5 Å². The minimum absolute atomic E-state index is 0.109. The van der Waals surface area contributed by atoms with Gasteiger partial charge in [-0.2, -0.15) is 4.98 Å². The van der Waals surface area contributed by atoms with Crippen LogP contribution in [-0.2, 0) is 11.3 Å². The molecule has 0 N–H and O–H groups in total. The van der Waals surface area contributed by atoms with Crippen molar-refractivity contribution in [3.05, 3.63) is 46.6 Å². The predicted molar refractivity (Wildman–Crippen MR) is 88.0 cm³/mol. The first kappa shape index (κ1) is 15.5. The van der Waals surface area contributed by atoms with Gasteiger partial charge in [-0.3, -0.25) is 0 Å². The van der Waals surface area contributed by atoms with Crippen molar-refractivity contribution in [3.63, 3.8) is 0 Å². The van der Waals surface area contributed by atoms with E-state index in [-0.39, 0.29) is 12.5 Å². The van der Waals surface area contributed by atoms with Gasteiger partial charge in [-0.25, -0.2) is 9.78 Å². The molecule has 0 aliphatic carbocycles. The normalized spacial score (nSPS) is 11.1. The predicted octanol–water partition coefficient (Wildman–Crippen LogP) is 3.31. The standard InChI is InChI=1S/C16H12N4O4S/c1-8-14-10(16(21)22-7-13-17-9(2)20-23-13)6-11(12-4-3-5-25-12)18-15(14)24-19-8/h3-6H,7H2,1-2H3. The summed E-state index contributed by atoms with van der Waals surface area (Å²) in [4.78, 5) is 22.0. The Labute approximate surface area is 145 Å². The van der Waals surface area contributed by atoms with E-state index in [1.807, 2.05) is 17.5 Å². The smallest absolute Gasteiger partial charge is 0.339 e. The number of esters is 1. The molecule has 0 saturated carbocycles. The van der Waals surface area contributed by atoms with E-state index < -0.39 is 5.97 Å². The average Bonchev–Trinajstić information content (AvgIpc) is 3.34. The highest BCUT2D eigenvalue weighted by Gasteiger charge is 2.21. The number of carbonyl (C=O) groups is 1. The lowest BCUT2D eigenvalue weighted by Crippen LogP contribution is -2.07. The summed E-state index contributed by atoms with van der Waals surface area (Å²) in [6.07, 6.45) is 0. The van der Waals surface area contributed by atoms with Crippen LogP contribution in [0.1, 0.15) is 27.8 Å². The molecule has 25 heavy (non-hydrogen) atoms. The Kier molecular flexibility index (Phi) is 3.77. The van der Waals surface area contributed by atoms with Gasteiger partial charge in [0.2, 0.25) is 0 Å². The molecule has 4 aromatic rings. The third-order valence-corrected chi connectivity index (χ3v) is 4.40. The number of aromatic nitrogens is 4. The van der Waals surface area contributed by atoms with Gasteiger partial charge in [-0.15, -0.1) is 11.3 Å². The molecule has 0 saturated heterocycles. The zero-order chi connectivity index (χ0) is 17.4.